The minimum absolute atomic E-state index is 0.0982. The minimum Gasteiger partial charge on any atom is -0.493 e. The summed E-state index contributed by atoms with van der Waals surface area (Å²) in [6, 6.07) is 27.0. The topological polar surface area (TPSA) is 97.3 Å². The fraction of sp³-hybridized carbons (Fsp3) is 0.188. The second-order valence-electron chi connectivity index (χ2n) is 9.59. The Labute approximate surface area is 241 Å². The molecule has 4 rings (SSSR count). The molecule has 0 aromatic heterocycles. The maximum atomic E-state index is 13.6. The first-order chi connectivity index (χ1) is 19.7. The van der Waals surface area contributed by atoms with Crippen LogP contribution in [-0.2, 0) is 21.4 Å². The first-order valence-corrected chi connectivity index (χ1v) is 14.4. The van der Waals surface area contributed by atoms with Crippen molar-refractivity contribution in [2.24, 2.45) is 5.10 Å². The van der Waals surface area contributed by atoms with E-state index in [2.05, 4.69) is 10.5 Å². The number of carbonyl (C=O) groups excluding carboxylic acids is 1. The third-order valence-corrected chi connectivity index (χ3v) is 8.12. The Balaban J connectivity index is 1.48. The number of amides is 1. The number of methoxy groups -OCH3 is 1. The summed E-state index contributed by atoms with van der Waals surface area (Å²) in [6.45, 7) is 5.56. The van der Waals surface area contributed by atoms with Gasteiger partial charge in [0, 0.05) is 0 Å². The van der Waals surface area contributed by atoms with E-state index in [1.54, 1.807) is 43.5 Å². The summed E-state index contributed by atoms with van der Waals surface area (Å²) in [7, 11) is -2.48. The summed E-state index contributed by atoms with van der Waals surface area (Å²) in [5.41, 5.74) is 7.21. The Morgan fingerprint density at radius 2 is 1.59 bits per heavy atom. The highest BCUT2D eigenvalue weighted by Crippen LogP contribution is 2.29. The molecule has 9 heteroatoms. The van der Waals surface area contributed by atoms with Gasteiger partial charge >= 0.3 is 0 Å². The second kappa shape index (κ2) is 13.1. The molecule has 0 aliphatic rings. The third kappa shape index (κ3) is 7.52. The lowest BCUT2D eigenvalue weighted by molar-refractivity contribution is -0.119. The highest BCUT2D eigenvalue weighted by Gasteiger charge is 2.28. The smallest absolute Gasteiger partial charge is 0.264 e. The van der Waals surface area contributed by atoms with Crippen LogP contribution in [0.15, 0.2) is 101 Å². The van der Waals surface area contributed by atoms with Gasteiger partial charge < -0.3 is 9.47 Å². The lowest BCUT2D eigenvalue weighted by Crippen LogP contribution is -2.40. The molecule has 0 saturated carbocycles. The van der Waals surface area contributed by atoms with Gasteiger partial charge in [-0.15, -0.1) is 0 Å². The van der Waals surface area contributed by atoms with Crippen LogP contribution >= 0.6 is 0 Å². The molecule has 0 spiro atoms. The summed E-state index contributed by atoms with van der Waals surface area (Å²) in [5, 5.41) is 4.05. The molecular formula is C32H33N3O5S. The minimum atomic E-state index is -4.03. The van der Waals surface area contributed by atoms with Crippen LogP contribution in [0.1, 0.15) is 27.8 Å². The number of carbonyl (C=O) groups is 1. The summed E-state index contributed by atoms with van der Waals surface area (Å²) < 4.78 is 39.7. The van der Waals surface area contributed by atoms with Gasteiger partial charge in [0.25, 0.3) is 15.9 Å². The zero-order valence-electron chi connectivity index (χ0n) is 23.5. The van der Waals surface area contributed by atoms with Gasteiger partial charge in [0.15, 0.2) is 11.5 Å². The van der Waals surface area contributed by atoms with Gasteiger partial charge in [-0.1, -0.05) is 65.7 Å². The summed E-state index contributed by atoms with van der Waals surface area (Å²) in [6.07, 6.45) is 1.46. The van der Waals surface area contributed by atoms with Gasteiger partial charge in [0.1, 0.15) is 13.2 Å². The number of hydrazone groups is 1. The van der Waals surface area contributed by atoms with Crippen LogP contribution in [0.3, 0.4) is 0 Å². The first kappa shape index (κ1) is 29.4. The van der Waals surface area contributed by atoms with E-state index in [-0.39, 0.29) is 4.90 Å². The van der Waals surface area contributed by atoms with E-state index in [0.29, 0.717) is 29.4 Å². The Morgan fingerprint density at radius 3 is 2.27 bits per heavy atom. The van der Waals surface area contributed by atoms with Crippen LogP contribution < -0.4 is 19.2 Å². The number of sulfonamides is 1. The predicted octanol–water partition coefficient (Wildman–Crippen LogP) is 5.55. The van der Waals surface area contributed by atoms with Crippen LogP contribution in [0, 0.1) is 20.8 Å². The van der Waals surface area contributed by atoms with E-state index in [1.807, 2.05) is 63.2 Å². The Hall–Kier alpha value is -4.63. The molecule has 1 amide bonds. The molecule has 0 fully saturated rings. The van der Waals surface area contributed by atoms with Crippen LogP contribution in [0.25, 0.3) is 0 Å². The molecule has 1 N–H and O–H groups in total. The van der Waals surface area contributed by atoms with Crippen LogP contribution in [0.5, 0.6) is 11.5 Å². The largest absolute Gasteiger partial charge is 0.493 e. The lowest BCUT2D eigenvalue weighted by Gasteiger charge is -2.25. The molecule has 0 bridgehead atoms. The second-order valence-corrected chi connectivity index (χ2v) is 11.5. The fourth-order valence-corrected chi connectivity index (χ4v) is 5.67. The summed E-state index contributed by atoms with van der Waals surface area (Å²) in [5.74, 6) is 0.496. The van der Waals surface area contributed by atoms with Crippen molar-refractivity contribution in [3.63, 3.8) is 0 Å². The Morgan fingerprint density at radius 1 is 0.878 bits per heavy atom. The van der Waals surface area contributed by atoms with Crippen LogP contribution in [0.4, 0.5) is 5.69 Å². The molecule has 0 heterocycles. The summed E-state index contributed by atoms with van der Waals surface area (Å²) in [4.78, 5) is 13.0. The Bertz CT molecular complexity index is 1640. The number of benzene rings is 4. The normalized spacial score (nSPS) is 11.3. The van der Waals surface area contributed by atoms with Crippen molar-refractivity contribution in [2.45, 2.75) is 32.3 Å². The van der Waals surface area contributed by atoms with Gasteiger partial charge in [-0.2, -0.15) is 5.10 Å². The third-order valence-electron chi connectivity index (χ3n) is 6.34. The van der Waals surface area contributed by atoms with E-state index in [4.69, 9.17) is 9.47 Å². The molecule has 4 aromatic carbocycles. The van der Waals surface area contributed by atoms with E-state index in [1.165, 1.54) is 18.3 Å². The summed E-state index contributed by atoms with van der Waals surface area (Å²) >= 11 is 0. The number of nitrogens with zero attached hydrogens (tertiary/aromatic N) is 2. The SMILES string of the molecule is COc1cc(/C=N\NC(=O)CN(c2ccc(C)cc2C)S(=O)(=O)c2ccc(C)cc2)ccc1OCc1ccccc1. The fourth-order valence-electron chi connectivity index (χ4n) is 4.19. The van der Waals surface area contributed by atoms with Crippen molar-refractivity contribution < 1.29 is 22.7 Å². The van der Waals surface area contributed by atoms with Gasteiger partial charge in [-0.25, -0.2) is 13.8 Å². The van der Waals surface area contributed by atoms with Gasteiger partial charge in [0.05, 0.1) is 23.9 Å². The first-order valence-electron chi connectivity index (χ1n) is 13.0. The number of hydrogen-bond donors (Lipinski definition) is 1. The average Bonchev–Trinajstić information content (AvgIpc) is 2.96. The molecule has 0 unspecified atom stereocenters. The molecule has 0 atom stereocenters. The zero-order valence-corrected chi connectivity index (χ0v) is 24.3. The van der Waals surface area contributed by atoms with Crippen molar-refractivity contribution in [2.75, 3.05) is 18.0 Å². The van der Waals surface area contributed by atoms with Crippen LogP contribution in [-0.4, -0.2) is 34.2 Å². The van der Waals surface area contributed by atoms with E-state index < -0.39 is 22.5 Å². The molecule has 0 radical (unpaired) electrons. The quantitative estimate of drug-likeness (QED) is 0.188. The monoisotopic (exact) mass is 571 g/mol. The van der Waals surface area contributed by atoms with Crippen molar-refractivity contribution in [3.8, 4) is 11.5 Å². The van der Waals surface area contributed by atoms with E-state index in [0.717, 1.165) is 26.6 Å². The highest BCUT2D eigenvalue weighted by atomic mass is 32.2. The van der Waals surface area contributed by atoms with E-state index in [9.17, 15) is 13.2 Å². The van der Waals surface area contributed by atoms with Gasteiger partial charge in [-0.05, 0) is 73.9 Å². The number of aryl methyl sites for hydroxylation is 3. The molecule has 212 valence electrons. The highest BCUT2D eigenvalue weighted by molar-refractivity contribution is 7.92. The maximum Gasteiger partial charge on any atom is 0.264 e. The molecule has 0 saturated heterocycles. The zero-order chi connectivity index (χ0) is 29.4. The van der Waals surface area contributed by atoms with E-state index >= 15 is 0 Å². The number of anilines is 1. The number of rotatable bonds is 11. The van der Waals surface area contributed by atoms with Crippen molar-refractivity contribution in [1.82, 2.24) is 5.43 Å². The average molecular weight is 572 g/mol. The van der Waals surface area contributed by atoms with Crippen LogP contribution in [0.2, 0.25) is 0 Å². The molecule has 0 aliphatic carbocycles. The van der Waals surface area contributed by atoms with Gasteiger partial charge in [-0.3, -0.25) is 9.10 Å². The molecular weight excluding hydrogens is 538 g/mol. The standard InChI is InChI=1S/C32H33N3O5S/c1-23-10-14-28(15-11-23)41(37,38)35(29-16-12-24(2)18-25(29)3)21-32(36)34-33-20-27-13-17-30(31(19-27)39-4)40-22-26-8-6-5-7-9-26/h5-20H,21-22H2,1-4H3,(H,34,36)/b33-20-. The molecule has 0 aliphatic heterocycles. The molecule has 8 nitrogen and oxygen atoms in total. The van der Waals surface area contributed by atoms with Crippen molar-refractivity contribution in [3.05, 3.63) is 119 Å². The van der Waals surface area contributed by atoms with Gasteiger partial charge in [0.2, 0.25) is 0 Å². The Kier molecular flexibility index (Phi) is 9.41. The lowest BCUT2D eigenvalue weighted by atomic mass is 10.1. The predicted molar refractivity (Wildman–Crippen MR) is 161 cm³/mol. The maximum absolute atomic E-state index is 13.6. The number of nitrogens with one attached hydrogen (secondary N) is 1. The number of ether oxygens (including phenoxy) is 2. The molecule has 4 aromatic rings. The number of hydrogen-bond acceptors (Lipinski definition) is 6. The van der Waals surface area contributed by atoms with Crippen molar-refractivity contribution in [1.29, 1.82) is 0 Å². The molecule has 41 heavy (non-hydrogen) atoms. The van der Waals surface area contributed by atoms with Crippen molar-refractivity contribution >= 4 is 27.8 Å².